The van der Waals surface area contributed by atoms with Gasteiger partial charge in [0.25, 0.3) is 0 Å². The van der Waals surface area contributed by atoms with Gasteiger partial charge in [0.2, 0.25) is 0 Å². The Labute approximate surface area is 173 Å². The lowest BCUT2D eigenvalue weighted by Gasteiger charge is -2.43. The van der Waals surface area contributed by atoms with Crippen molar-refractivity contribution in [1.29, 1.82) is 0 Å². The maximum Gasteiger partial charge on any atom is 0.328 e. The smallest absolute Gasteiger partial charge is 0.328 e. The second-order valence-corrected chi connectivity index (χ2v) is 7.18. The summed E-state index contributed by atoms with van der Waals surface area (Å²) in [5.74, 6) is -1.86. The van der Waals surface area contributed by atoms with Crippen molar-refractivity contribution in [3.8, 4) is 17.1 Å². The molecule has 0 saturated carbocycles. The number of aromatic nitrogens is 2. The van der Waals surface area contributed by atoms with E-state index in [4.69, 9.17) is 20.7 Å². The van der Waals surface area contributed by atoms with E-state index in [1.807, 2.05) is 24.3 Å². The van der Waals surface area contributed by atoms with Crippen molar-refractivity contribution >= 4 is 17.6 Å². The molecule has 1 aromatic carbocycles. The molecule has 158 valence electrons. The van der Waals surface area contributed by atoms with Gasteiger partial charge in [-0.1, -0.05) is 12.1 Å². The highest BCUT2D eigenvalue weighted by atomic mass is 16.5. The maximum absolute atomic E-state index is 9.55. The average molecular weight is 412 g/mol. The number of nitrogen functional groups attached to an aromatic ring is 1. The van der Waals surface area contributed by atoms with Crippen LogP contribution in [-0.4, -0.2) is 62.8 Å². The molecule has 3 aliphatic rings. The van der Waals surface area contributed by atoms with E-state index in [-0.39, 0.29) is 6.10 Å². The summed E-state index contributed by atoms with van der Waals surface area (Å²) < 4.78 is 6.02. The number of rotatable bonds is 5. The molecule has 0 unspecified atom stereocenters. The monoisotopic (exact) mass is 412 g/mol. The third-order valence-electron chi connectivity index (χ3n) is 5.07. The molecular weight excluding hydrogens is 388 g/mol. The molecule has 2 aromatic rings. The molecule has 0 radical (unpaired) electrons. The van der Waals surface area contributed by atoms with Crippen molar-refractivity contribution in [2.24, 2.45) is 5.92 Å². The first-order chi connectivity index (χ1) is 14.4. The summed E-state index contributed by atoms with van der Waals surface area (Å²) in [5, 5.41) is 15.6. The lowest BCUT2D eigenvalue weighted by Crippen LogP contribution is -2.52. The van der Waals surface area contributed by atoms with Crippen molar-refractivity contribution in [3.63, 3.8) is 0 Å². The second kappa shape index (κ2) is 9.84. The van der Waals surface area contributed by atoms with Crippen LogP contribution in [-0.2, 0) is 9.59 Å². The maximum atomic E-state index is 9.55. The van der Waals surface area contributed by atoms with Crippen LogP contribution in [0.4, 0.5) is 5.69 Å². The number of hydrogen-bond acceptors (Lipinski definition) is 7. The van der Waals surface area contributed by atoms with Gasteiger partial charge in [-0.15, -0.1) is 0 Å². The fourth-order valence-electron chi connectivity index (χ4n) is 3.57. The summed E-state index contributed by atoms with van der Waals surface area (Å²) in [5.41, 5.74) is 8.53. The number of benzene rings is 1. The lowest BCUT2D eigenvalue weighted by atomic mass is 9.86. The first kappa shape index (κ1) is 21.3. The number of fused-ring (bicyclic) bond motifs is 3. The fourth-order valence-corrected chi connectivity index (χ4v) is 3.57. The highest BCUT2D eigenvalue weighted by molar-refractivity contribution is 5.89. The molecule has 4 heterocycles. The molecule has 9 heteroatoms. The topological polar surface area (TPSA) is 139 Å². The molecule has 0 spiro atoms. The fraction of sp³-hybridized carbons (Fsp3) is 0.333. The van der Waals surface area contributed by atoms with E-state index < -0.39 is 11.9 Å². The normalized spacial score (nSPS) is 22.2. The Morgan fingerprint density at radius 1 is 1.07 bits per heavy atom. The third kappa shape index (κ3) is 6.02. The zero-order valence-corrected chi connectivity index (χ0v) is 16.3. The van der Waals surface area contributed by atoms with Gasteiger partial charge < -0.3 is 20.7 Å². The second-order valence-electron chi connectivity index (χ2n) is 7.18. The molecule has 1 atom stereocenters. The number of aliphatic carboxylic acids is 2. The van der Waals surface area contributed by atoms with Gasteiger partial charge in [0.15, 0.2) is 0 Å². The molecule has 5 rings (SSSR count). The van der Waals surface area contributed by atoms with Gasteiger partial charge in [-0.25, -0.2) is 19.6 Å². The molecule has 0 aliphatic carbocycles. The highest BCUT2D eigenvalue weighted by Crippen LogP contribution is 2.30. The Balaban J connectivity index is 0.000000275. The summed E-state index contributed by atoms with van der Waals surface area (Å²) in [6, 6.07) is 8.21. The molecule has 0 amide bonds. The van der Waals surface area contributed by atoms with E-state index in [0.717, 1.165) is 23.4 Å². The third-order valence-corrected chi connectivity index (χ3v) is 5.07. The summed E-state index contributed by atoms with van der Waals surface area (Å²) in [4.78, 5) is 30.3. The van der Waals surface area contributed by atoms with Crippen molar-refractivity contribution in [1.82, 2.24) is 14.9 Å². The molecule has 30 heavy (non-hydrogen) atoms. The van der Waals surface area contributed by atoms with Crippen LogP contribution in [0.1, 0.15) is 12.8 Å². The molecule has 3 saturated heterocycles. The van der Waals surface area contributed by atoms with Crippen molar-refractivity contribution in [2.75, 3.05) is 25.4 Å². The largest absolute Gasteiger partial charge is 0.478 e. The van der Waals surface area contributed by atoms with Crippen LogP contribution in [0.25, 0.3) is 11.1 Å². The molecule has 9 nitrogen and oxygen atoms in total. The van der Waals surface area contributed by atoms with Gasteiger partial charge in [-0.05, 0) is 49.5 Å². The number of nitrogens with zero attached hydrogens (tertiary/aromatic N) is 3. The quantitative estimate of drug-likeness (QED) is 0.496. The van der Waals surface area contributed by atoms with Crippen molar-refractivity contribution in [3.05, 3.63) is 48.8 Å². The average Bonchev–Trinajstić information content (AvgIpc) is 2.74. The molecule has 1 aromatic heterocycles. The summed E-state index contributed by atoms with van der Waals surface area (Å²) in [6.45, 7) is 3.42. The van der Waals surface area contributed by atoms with Crippen LogP contribution in [0.15, 0.2) is 48.8 Å². The molecule has 3 aliphatic heterocycles. The zero-order valence-electron chi connectivity index (χ0n) is 16.3. The summed E-state index contributed by atoms with van der Waals surface area (Å²) in [7, 11) is 0. The minimum atomic E-state index is -1.26. The summed E-state index contributed by atoms with van der Waals surface area (Å²) >= 11 is 0. The van der Waals surface area contributed by atoms with Crippen LogP contribution in [0.2, 0.25) is 0 Å². The van der Waals surface area contributed by atoms with Gasteiger partial charge in [-0.3, -0.25) is 4.90 Å². The number of piperidine rings is 3. The van der Waals surface area contributed by atoms with Crippen LogP contribution >= 0.6 is 0 Å². The number of carboxylic acid groups (broad SMARTS) is 2. The minimum Gasteiger partial charge on any atom is -0.478 e. The van der Waals surface area contributed by atoms with Gasteiger partial charge in [-0.2, -0.15) is 0 Å². The first-order valence-corrected chi connectivity index (χ1v) is 9.61. The number of hydrogen-bond donors (Lipinski definition) is 3. The lowest BCUT2D eigenvalue weighted by molar-refractivity contribution is -0.134. The van der Waals surface area contributed by atoms with Crippen LogP contribution in [0.3, 0.4) is 0 Å². The molecule has 3 fully saturated rings. The minimum absolute atomic E-state index is 0.237. The van der Waals surface area contributed by atoms with Gasteiger partial charge in [0.05, 0.1) is 0 Å². The van der Waals surface area contributed by atoms with E-state index in [1.165, 1.54) is 25.9 Å². The number of carbonyl (C=O) groups is 2. The van der Waals surface area contributed by atoms with E-state index >= 15 is 0 Å². The Kier molecular flexibility index (Phi) is 6.97. The predicted octanol–water partition coefficient (Wildman–Crippen LogP) is 1.91. The van der Waals surface area contributed by atoms with Gasteiger partial charge in [0.1, 0.15) is 6.10 Å². The highest BCUT2D eigenvalue weighted by Gasteiger charge is 2.35. The predicted molar refractivity (Wildman–Crippen MR) is 110 cm³/mol. The Morgan fingerprint density at radius 3 is 2.20 bits per heavy atom. The van der Waals surface area contributed by atoms with E-state index in [9.17, 15) is 9.59 Å². The van der Waals surface area contributed by atoms with Crippen LogP contribution in [0.5, 0.6) is 6.01 Å². The standard InChI is InChI=1S/C17H20N4O.C4H4O4/c18-15-3-1-2-13(8-15)14-9-19-17(20-10-14)22-16-11-21-6-4-12(16)5-7-21;5-3(6)1-2-4(7)8/h1-3,8-10,12,16H,4-7,11,18H2;1-2H,(H,5,6)(H,7,8)/t16-;/m0./s1. The Bertz CT molecular complexity index is 892. The number of carboxylic acids is 2. The van der Waals surface area contributed by atoms with E-state index in [2.05, 4.69) is 14.9 Å². The van der Waals surface area contributed by atoms with E-state index in [1.54, 1.807) is 12.4 Å². The zero-order chi connectivity index (χ0) is 21.5. The van der Waals surface area contributed by atoms with Gasteiger partial charge in [0, 0.05) is 42.3 Å². The van der Waals surface area contributed by atoms with Crippen LogP contribution < -0.4 is 10.5 Å². The Morgan fingerprint density at radius 2 is 1.70 bits per heavy atom. The number of nitrogens with two attached hydrogens (primary N) is 1. The number of anilines is 1. The van der Waals surface area contributed by atoms with Crippen LogP contribution in [0, 0.1) is 5.92 Å². The van der Waals surface area contributed by atoms with Crippen molar-refractivity contribution in [2.45, 2.75) is 18.9 Å². The molecule has 2 bridgehead atoms. The van der Waals surface area contributed by atoms with E-state index in [0.29, 0.717) is 24.1 Å². The molecule has 4 N–H and O–H groups in total. The molecular formula is C21H24N4O5. The number of ether oxygens (including phenoxy) is 1. The SMILES string of the molecule is Nc1cccc(-c2cnc(O[C@H]3CN4CCC3CC4)nc2)c1.O=C(O)C=CC(=O)O. The van der Waals surface area contributed by atoms with Crippen molar-refractivity contribution < 1.29 is 24.5 Å². The first-order valence-electron chi connectivity index (χ1n) is 9.61. The summed E-state index contributed by atoms with van der Waals surface area (Å²) in [6.07, 6.45) is 7.42. The van der Waals surface area contributed by atoms with Gasteiger partial charge >= 0.3 is 17.9 Å². The Hall–Kier alpha value is -3.46.